The highest BCUT2D eigenvalue weighted by molar-refractivity contribution is 8.26. The second-order valence-corrected chi connectivity index (χ2v) is 11.1. The number of nitriles is 1. The van der Waals surface area contributed by atoms with Crippen LogP contribution in [0.4, 0.5) is 5.82 Å². The fraction of sp³-hybridized carbons (Fsp3) is 0.593. The summed E-state index contributed by atoms with van der Waals surface area (Å²) in [5.74, 6) is 0.147. The maximum absolute atomic E-state index is 13.3. The Bertz CT molecular complexity index is 1180. The van der Waals surface area contributed by atoms with Crippen molar-refractivity contribution >= 4 is 52.1 Å². The summed E-state index contributed by atoms with van der Waals surface area (Å²) in [6.45, 7) is 7.77. The first-order valence-electron chi connectivity index (χ1n) is 13.1. The minimum absolute atomic E-state index is 0.0605. The van der Waals surface area contributed by atoms with Crippen molar-refractivity contribution in [3.63, 3.8) is 0 Å². The lowest BCUT2D eigenvalue weighted by Crippen LogP contribution is -2.40. The molecule has 0 unspecified atom stereocenters. The predicted octanol–water partition coefficient (Wildman–Crippen LogP) is 4.52. The zero-order valence-electron chi connectivity index (χ0n) is 22.2. The minimum atomic E-state index is -0.376. The van der Waals surface area contributed by atoms with E-state index < -0.39 is 0 Å². The van der Waals surface area contributed by atoms with Crippen LogP contribution < -0.4 is 10.5 Å². The van der Waals surface area contributed by atoms with Gasteiger partial charge in [-0.15, -0.1) is 0 Å². The molecule has 0 radical (unpaired) electrons. The minimum Gasteiger partial charge on any atom is -0.466 e. The third-order valence-corrected chi connectivity index (χ3v) is 8.39. The van der Waals surface area contributed by atoms with E-state index in [0.717, 1.165) is 25.7 Å². The summed E-state index contributed by atoms with van der Waals surface area (Å²) in [5, 5.41) is 9.70. The molecule has 0 aliphatic carbocycles. The first-order chi connectivity index (χ1) is 17.7. The van der Waals surface area contributed by atoms with E-state index in [9.17, 15) is 19.6 Å². The number of rotatable bonds is 10. The van der Waals surface area contributed by atoms with E-state index in [2.05, 4.69) is 11.8 Å². The summed E-state index contributed by atoms with van der Waals surface area (Å²) in [5.41, 5.74) is 0.888. The summed E-state index contributed by atoms with van der Waals surface area (Å²) < 4.78 is 7.21. The number of unbranched alkanes of at least 4 members (excludes halogenated alkanes) is 4. The monoisotopic (exact) mass is 544 g/mol. The van der Waals surface area contributed by atoms with Crippen LogP contribution in [0.3, 0.4) is 0 Å². The van der Waals surface area contributed by atoms with Crippen LogP contribution in [0.2, 0.25) is 0 Å². The molecule has 3 heterocycles. The summed E-state index contributed by atoms with van der Waals surface area (Å²) in [4.78, 5) is 42.7. The van der Waals surface area contributed by atoms with Gasteiger partial charge in [0.15, 0.2) is 0 Å². The number of esters is 1. The molecule has 2 aliphatic rings. The van der Waals surface area contributed by atoms with E-state index in [0.29, 0.717) is 65.3 Å². The summed E-state index contributed by atoms with van der Waals surface area (Å²) in [7, 11) is 1.65. The fourth-order valence-corrected chi connectivity index (χ4v) is 6.17. The van der Waals surface area contributed by atoms with Crippen LogP contribution >= 0.6 is 24.0 Å². The molecule has 0 bridgehead atoms. The molecular weight excluding hydrogens is 508 g/mol. The number of ether oxygens (including phenoxy) is 1. The number of carbonyl (C=O) groups excluding carboxylic acids is 2. The van der Waals surface area contributed by atoms with Crippen molar-refractivity contribution < 1.29 is 14.3 Å². The molecule has 0 saturated carbocycles. The van der Waals surface area contributed by atoms with Crippen LogP contribution in [-0.4, -0.2) is 51.9 Å². The molecule has 0 aromatic carbocycles. The van der Waals surface area contributed by atoms with E-state index in [1.54, 1.807) is 31.9 Å². The Hall–Kier alpha value is -2.64. The molecule has 2 saturated heterocycles. The first kappa shape index (κ1) is 28.9. The average molecular weight is 545 g/mol. The van der Waals surface area contributed by atoms with E-state index >= 15 is 0 Å². The Labute approximate surface area is 228 Å². The predicted molar refractivity (Wildman–Crippen MR) is 151 cm³/mol. The van der Waals surface area contributed by atoms with Gasteiger partial charge in [0.1, 0.15) is 21.8 Å². The molecule has 0 N–H and O–H groups in total. The number of carbonyl (C=O) groups is 2. The molecule has 8 nitrogen and oxygen atoms in total. The lowest BCUT2D eigenvalue weighted by molar-refractivity contribution is -0.148. The van der Waals surface area contributed by atoms with Crippen LogP contribution in [0.5, 0.6) is 0 Å². The zero-order valence-corrected chi connectivity index (χ0v) is 23.8. The highest BCUT2D eigenvalue weighted by Crippen LogP contribution is 2.36. The molecule has 3 rings (SSSR count). The number of piperidine rings is 1. The maximum Gasteiger partial charge on any atom is 0.309 e. The Balaban J connectivity index is 1.92. The molecule has 2 fully saturated rings. The maximum atomic E-state index is 13.3. The van der Waals surface area contributed by atoms with Gasteiger partial charge in [-0.1, -0.05) is 56.6 Å². The van der Waals surface area contributed by atoms with Crippen molar-refractivity contribution in [2.45, 2.75) is 65.7 Å². The van der Waals surface area contributed by atoms with E-state index in [1.807, 2.05) is 6.07 Å². The smallest absolute Gasteiger partial charge is 0.309 e. The molecular formula is C27H36N4O4S2. The quantitative estimate of drug-likeness (QED) is 0.184. The van der Waals surface area contributed by atoms with Crippen molar-refractivity contribution in [2.24, 2.45) is 13.0 Å². The number of hydrogen-bond donors (Lipinski definition) is 0. The summed E-state index contributed by atoms with van der Waals surface area (Å²) >= 11 is 6.78. The van der Waals surface area contributed by atoms with Gasteiger partial charge in [0.05, 0.1) is 17.4 Å². The molecule has 0 spiro atoms. The van der Waals surface area contributed by atoms with Gasteiger partial charge in [-0.25, -0.2) is 0 Å². The highest BCUT2D eigenvalue weighted by Gasteiger charge is 2.34. The molecule has 37 heavy (non-hydrogen) atoms. The number of nitrogens with zero attached hydrogens (tertiary/aromatic N) is 4. The molecule has 2 aliphatic heterocycles. The molecule has 10 heteroatoms. The topological polar surface area (TPSA) is 95.6 Å². The lowest BCUT2D eigenvalue weighted by atomic mass is 9.95. The molecule has 1 aromatic rings. The lowest BCUT2D eigenvalue weighted by Gasteiger charge is -2.35. The number of anilines is 1. The second kappa shape index (κ2) is 13.2. The van der Waals surface area contributed by atoms with Gasteiger partial charge in [-0.2, -0.15) is 5.26 Å². The van der Waals surface area contributed by atoms with Gasteiger partial charge in [-0.3, -0.25) is 23.9 Å². The highest BCUT2D eigenvalue weighted by atomic mass is 32.2. The second-order valence-electron chi connectivity index (χ2n) is 9.47. The SMILES string of the molecule is CCCCCCCN1C(=O)/C(=C/c2c(C)c(C#N)c(=O)n(C)c2N2CCC(C(=O)OCC)CC2)SC1=S. The summed E-state index contributed by atoms with van der Waals surface area (Å²) in [6.07, 6.45) is 8.43. The number of pyridine rings is 1. The number of thioether (sulfide) groups is 1. The zero-order chi connectivity index (χ0) is 27.1. The summed E-state index contributed by atoms with van der Waals surface area (Å²) in [6, 6.07) is 2.04. The molecule has 200 valence electrons. The van der Waals surface area contributed by atoms with Gasteiger partial charge in [-0.05, 0) is 44.7 Å². The van der Waals surface area contributed by atoms with E-state index in [1.165, 1.54) is 22.7 Å². The van der Waals surface area contributed by atoms with Crippen molar-refractivity contribution in [2.75, 3.05) is 31.1 Å². The first-order valence-corrected chi connectivity index (χ1v) is 14.3. The van der Waals surface area contributed by atoms with Crippen LogP contribution in [0, 0.1) is 24.2 Å². The fourth-order valence-electron chi connectivity index (χ4n) is 4.88. The van der Waals surface area contributed by atoms with Gasteiger partial charge in [0, 0.05) is 32.2 Å². The van der Waals surface area contributed by atoms with Crippen LogP contribution in [0.15, 0.2) is 9.70 Å². The van der Waals surface area contributed by atoms with Crippen LogP contribution in [-0.2, 0) is 21.4 Å². The van der Waals surface area contributed by atoms with Crippen molar-refractivity contribution in [3.8, 4) is 6.07 Å². The van der Waals surface area contributed by atoms with Crippen molar-refractivity contribution in [1.82, 2.24) is 9.47 Å². The third kappa shape index (κ3) is 6.44. The number of amides is 1. The Morgan fingerprint density at radius 3 is 2.49 bits per heavy atom. The van der Waals surface area contributed by atoms with Gasteiger partial charge in [0.25, 0.3) is 11.5 Å². The number of thiocarbonyl (C=S) groups is 1. The average Bonchev–Trinajstić information content (AvgIpc) is 3.15. The Kier molecular flexibility index (Phi) is 10.4. The van der Waals surface area contributed by atoms with Gasteiger partial charge >= 0.3 is 5.97 Å². The molecule has 1 aromatic heterocycles. The van der Waals surface area contributed by atoms with Gasteiger partial charge < -0.3 is 9.64 Å². The third-order valence-electron chi connectivity index (χ3n) is 7.02. The van der Waals surface area contributed by atoms with E-state index in [4.69, 9.17) is 17.0 Å². The Morgan fingerprint density at radius 2 is 1.86 bits per heavy atom. The number of hydrogen-bond acceptors (Lipinski definition) is 8. The largest absolute Gasteiger partial charge is 0.466 e. The van der Waals surface area contributed by atoms with Crippen LogP contribution in [0.1, 0.15) is 75.5 Å². The molecule has 0 atom stereocenters. The van der Waals surface area contributed by atoms with Crippen LogP contribution in [0.25, 0.3) is 6.08 Å². The van der Waals surface area contributed by atoms with Crippen molar-refractivity contribution in [3.05, 3.63) is 31.9 Å². The molecule has 1 amide bonds. The van der Waals surface area contributed by atoms with E-state index in [-0.39, 0.29) is 28.9 Å². The number of aromatic nitrogens is 1. The normalized spacial score (nSPS) is 17.5. The Morgan fingerprint density at radius 1 is 1.19 bits per heavy atom. The standard InChI is InChI=1S/C27H36N4O4S2/c1-5-7-8-9-10-13-31-25(33)22(37-27(31)36)16-20-18(3)21(17-28)24(32)29(4)23(20)30-14-11-19(12-15-30)26(34)35-6-2/h16,19H,5-15H2,1-4H3/b22-16-. The van der Waals surface area contributed by atoms with Crippen molar-refractivity contribution in [1.29, 1.82) is 5.26 Å². The van der Waals surface area contributed by atoms with Gasteiger partial charge in [0.2, 0.25) is 0 Å².